The Bertz CT molecular complexity index is 643. The molecule has 4 rings (SSSR count). The Hall–Kier alpha value is -1.59. The van der Waals surface area contributed by atoms with Crippen molar-refractivity contribution in [3.8, 4) is 5.75 Å². The van der Waals surface area contributed by atoms with Crippen LogP contribution in [0.4, 0.5) is 0 Å². The van der Waals surface area contributed by atoms with Gasteiger partial charge in [0.1, 0.15) is 5.75 Å². The molecular weight excluding hydrogens is 328 g/mol. The minimum absolute atomic E-state index is 0.140. The fraction of sp³-hybridized carbons (Fsp3) is 0.667. The quantitative estimate of drug-likeness (QED) is 0.784. The second kappa shape index (κ2) is 7.20. The number of amides is 1. The van der Waals surface area contributed by atoms with Gasteiger partial charge in [-0.05, 0) is 49.4 Å². The summed E-state index contributed by atoms with van der Waals surface area (Å²) >= 11 is 0. The third-order valence-corrected chi connectivity index (χ3v) is 6.47. The maximum Gasteiger partial charge on any atom is 0.253 e. The van der Waals surface area contributed by atoms with E-state index in [9.17, 15) is 4.79 Å². The average molecular weight is 358 g/mol. The number of benzene rings is 1. The van der Waals surface area contributed by atoms with Gasteiger partial charge in [0.15, 0.2) is 0 Å². The van der Waals surface area contributed by atoms with E-state index in [1.54, 1.807) is 14.2 Å². The molecule has 0 aromatic heterocycles. The second-order valence-electron chi connectivity index (χ2n) is 8.36. The van der Waals surface area contributed by atoms with Crippen LogP contribution in [0.5, 0.6) is 5.75 Å². The first-order valence-corrected chi connectivity index (χ1v) is 9.78. The summed E-state index contributed by atoms with van der Waals surface area (Å²) in [6.07, 6.45) is 3.87. The second-order valence-corrected chi connectivity index (χ2v) is 8.36. The molecule has 1 amide bonds. The van der Waals surface area contributed by atoms with Gasteiger partial charge in [-0.1, -0.05) is 0 Å². The van der Waals surface area contributed by atoms with Crippen LogP contribution in [0.25, 0.3) is 0 Å². The number of rotatable bonds is 6. The highest BCUT2D eigenvalue weighted by Gasteiger charge is 2.51. The van der Waals surface area contributed by atoms with Crippen molar-refractivity contribution in [2.75, 3.05) is 53.6 Å². The molecule has 1 saturated carbocycles. The first-order valence-electron chi connectivity index (χ1n) is 9.78. The Morgan fingerprint density at radius 3 is 2.62 bits per heavy atom. The van der Waals surface area contributed by atoms with Crippen LogP contribution in [0.3, 0.4) is 0 Å². The summed E-state index contributed by atoms with van der Waals surface area (Å²) in [6, 6.07) is 7.46. The van der Waals surface area contributed by atoms with E-state index in [1.165, 1.54) is 19.4 Å². The van der Waals surface area contributed by atoms with Crippen molar-refractivity contribution in [3.63, 3.8) is 0 Å². The molecule has 1 aromatic rings. The standard InChI is InChI=1S/C21H30N2O3/c1-25-13-18-12-22(11-16-3-4-16)14-21(18)9-10-23(15-21)20(24)17-5-7-19(26-2)8-6-17/h5-8,16,18H,3-4,9-15H2,1-2H3/t18-,21+/m1/s1. The van der Waals surface area contributed by atoms with Gasteiger partial charge in [0.25, 0.3) is 5.91 Å². The Kier molecular flexibility index (Phi) is 4.93. The van der Waals surface area contributed by atoms with Gasteiger partial charge in [0, 0.05) is 56.7 Å². The third-order valence-electron chi connectivity index (χ3n) is 6.47. The van der Waals surface area contributed by atoms with Gasteiger partial charge in [-0.2, -0.15) is 0 Å². The van der Waals surface area contributed by atoms with Crippen molar-refractivity contribution in [1.82, 2.24) is 9.80 Å². The summed E-state index contributed by atoms with van der Waals surface area (Å²) in [5, 5.41) is 0. The van der Waals surface area contributed by atoms with E-state index in [0.29, 0.717) is 5.92 Å². The molecule has 2 aliphatic heterocycles. The topological polar surface area (TPSA) is 42.0 Å². The van der Waals surface area contributed by atoms with E-state index in [0.717, 1.165) is 56.4 Å². The predicted molar refractivity (Wildman–Crippen MR) is 100 cm³/mol. The lowest BCUT2D eigenvalue weighted by molar-refractivity contribution is 0.0716. The Labute approximate surface area is 156 Å². The highest BCUT2D eigenvalue weighted by atomic mass is 16.5. The van der Waals surface area contributed by atoms with Crippen LogP contribution in [0.15, 0.2) is 24.3 Å². The maximum atomic E-state index is 13.0. The highest BCUT2D eigenvalue weighted by Crippen LogP contribution is 2.45. The normalized spacial score (nSPS) is 28.8. The lowest BCUT2D eigenvalue weighted by Crippen LogP contribution is -2.38. The molecule has 2 heterocycles. The van der Waals surface area contributed by atoms with Crippen molar-refractivity contribution in [2.45, 2.75) is 19.3 Å². The lowest BCUT2D eigenvalue weighted by Gasteiger charge is -2.30. The number of hydrogen-bond acceptors (Lipinski definition) is 4. The van der Waals surface area contributed by atoms with Crippen molar-refractivity contribution >= 4 is 5.91 Å². The van der Waals surface area contributed by atoms with Crippen LogP contribution in [0.1, 0.15) is 29.6 Å². The molecular formula is C21H30N2O3. The molecule has 142 valence electrons. The SMILES string of the molecule is COC[C@H]1CN(CC2CC2)C[C@]12CCN(C(=O)c1ccc(OC)cc1)C2. The molecule has 0 N–H and O–H groups in total. The molecule has 1 spiro atoms. The monoisotopic (exact) mass is 358 g/mol. The molecule has 0 bridgehead atoms. The molecule has 1 aliphatic carbocycles. The minimum atomic E-state index is 0.140. The number of methoxy groups -OCH3 is 2. The molecule has 1 aromatic carbocycles. The van der Waals surface area contributed by atoms with Crippen molar-refractivity contribution in [2.24, 2.45) is 17.3 Å². The van der Waals surface area contributed by atoms with E-state index >= 15 is 0 Å². The summed E-state index contributed by atoms with van der Waals surface area (Å²) in [7, 11) is 3.44. The smallest absolute Gasteiger partial charge is 0.253 e. The van der Waals surface area contributed by atoms with Gasteiger partial charge in [0.2, 0.25) is 0 Å². The van der Waals surface area contributed by atoms with Crippen molar-refractivity contribution in [1.29, 1.82) is 0 Å². The van der Waals surface area contributed by atoms with Crippen LogP contribution < -0.4 is 4.74 Å². The van der Waals surface area contributed by atoms with Gasteiger partial charge in [-0.25, -0.2) is 0 Å². The van der Waals surface area contributed by atoms with Gasteiger partial charge in [0.05, 0.1) is 13.7 Å². The van der Waals surface area contributed by atoms with E-state index in [1.807, 2.05) is 29.2 Å². The van der Waals surface area contributed by atoms with Crippen molar-refractivity contribution in [3.05, 3.63) is 29.8 Å². The molecule has 0 radical (unpaired) electrons. The summed E-state index contributed by atoms with van der Waals surface area (Å²) in [6.45, 7) is 5.97. The highest BCUT2D eigenvalue weighted by molar-refractivity contribution is 5.94. The number of nitrogens with zero attached hydrogens (tertiary/aromatic N) is 2. The predicted octanol–water partition coefficient (Wildman–Crippen LogP) is 2.52. The Morgan fingerprint density at radius 1 is 1.19 bits per heavy atom. The zero-order chi connectivity index (χ0) is 18.1. The Morgan fingerprint density at radius 2 is 1.96 bits per heavy atom. The lowest BCUT2D eigenvalue weighted by atomic mass is 9.77. The van der Waals surface area contributed by atoms with Gasteiger partial charge in [-0.3, -0.25) is 4.79 Å². The zero-order valence-corrected chi connectivity index (χ0v) is 15.9. The zero-order valence-electron chi connectivity index (χ0n) is 15.9. The molecule has 26 heavy (non-hydrogen) atoms. The maximum absolute atomic E-state index is 13.0. The molecule has 5 nitrogen and oxygen atoms in total. The Balaban J connectivity index is 1.45. The number of likely N-dealkylation sites (tertiary alicyclic amines) is 2. The van der Waals surface area contributed by atoms with Crippen LogP contribution in [0, 0.1) is 17.3 Å². The number of carbonyl (C=O) groups is 1. The summed E-state index contributed by atoms with van der Waals surface area (Å²) in [4.78, 5) is 17.6. The van der Waals surface area contributed by atoms with Crippen LogP contribution in [-0.2, 0) is 4.74 Å². The van der Waals surface area contributed by atoms with Gasteiger partial charge < -0.3 is 19.3 Å². The van der Waals surface area contributed by atoms with Crippen LogP contribution in [-0.4, -0.2) is 69.3 Å². The summed E-state index contributed by atoms with van der Waals surface area (Å²) in [5.41, 5.74) is 0.950. The largest absolute Gasteiger partial charge is 0.497 e. The van der Waals surface area contributed by atoms with Crippen LogP contribution in [0.2, 0.25) is 0 Å². The number of ether oxygens (including phenoxy) is 2. The van der Waals surface area contributed by atoms with E-state index < -0.39 is 0 Å². The molecule has 2 saturated heterocycles. The van der Waals surface area contributed by atoms with E-state index in [4.69, 9.17) is 9.47 Å². The third kappa shape index (κ3) is 3.47. The van der Waals surface area contributed by atoms with Gasteiger partial charge in [-0.15, -0.1) is 0 Å². The van der Waals surface area contributed by atoms with Crippen molar-refractivity contribution < 1.29 is 14.3 Å². The molecule has 3 fully saturated rings. The first kappa shape index (κ1) is 17.8. The number of hydrogen-bond donors (Lipinski definition) is 0. The molecule has 0 unspecified atom stereocenters. The summed E-state index contributed by atoms with van der Waals surface area (Å²) in [5.74, 6) is 2.36. The summed E-state index contributed by atoms with van der Waals surface area (Å²) < 4.78 is 10.7. The fourth-order valence-corrected chi connectivity index (χ4v) is 4.83. The van der Waals surface area contributed by atoms with E-state index in [2.05, 4.69) is 4.90 Å². The molecule has 2 atom stereocenters. The van der Waals surface area contributed by atoms with Gasteiger partial charge >= 0.3 is 0 Å². The first-order chi connectivity index (χ1) is 12.6. The fourth-order valence-electron chi connectivity index (χ4n) is 4.83. The molecule has 3 aliphatic rings. The van der Waals surface area contributed by atoms with E-state index in [-0.39, 0.29) is 11.3 Å². The molecule has 5 heteroatoms. The van der Waals surface area contributed by atoms with Crippen LogP contribution >= 0.6 is 0 Å². The average Bonchev–Trinajstić information content (AvgIpc) is 3.27. The minimum Gasteiger partial charge on any atom is -0.497 e. The number of carbonyl (C=O) groups excluding carboxylic acids is 1.